The molecular formula is C16H31N3O2. The number of carbonyl (C=O) groups excluding carboxylic acids is 2. The van der Waals surface area contributed by atoms with Gasteiger partial charge in [-0.3, -0.25) is 9.59 Å². The number of hydrogen-bond donors (Lipinski definition) is 1. The average molecular weight is 297 g/mol. The molecule has 2 amide bonds. The molecule has 0 aromatic rings. The lowest BCUT2D eigenvalue weighted by atomic mass is 9.81. The second-order valence-corrected chi connectivity index (χ2v) is 6.66. The van der Waals surface area contributed by atoms with Gasteiger partial charge in [0.15, 0.2) is 0 Å². The highest BCUT2D eigenvalue weighted by molar-refractivity contribution is 5.87. The lowest BCUT2D eigenvalue weighted by Crippen LogP contribution is -2.51. The van der Waals surface area contributed by atoms with E-state index in [0.29, 0.717) is 12.3 Å². The number of nitrogens with zero attached hydrogens (tertiary/aromatic N) is 2. The summed E-state index contributed by atoms with van der Waals surface area (Å²) in [6.45, 7) is 9.51. The molecule has 1 aliphatic rings. The van der Waals surface area contributed by atoms with E-state index in [1.165, 1.54) is 0 Å². The van der Waals surface area contributed by atoms with E-state index < -0.39 is 0 Å². The third kappa shape index (κ3) is 5.30. The van der Waals surface area contributed by atoms with Crippen molar-refractivity contribution in [2.24, 2.45) is 23.5 Å². The number of primary amides is 1. The Morgan fingerprint density at radius 1 is 1.10 bits per heavy atom. The summed E-state index contributed by atoms with van der Waals surface area (Å²) < 4.78 is 0. The number of piperazine rings is 1. The Balaban J connectivity index is 2.84. The number of rotatable bonds is 7. The van der Waals surface area contributed by atoms with Crippen LogP contribution in [0, 0.1) is 17.8 Å². The summed E-state index contributed by atoms with van der Waals surface area (Å²) in [7, 11) is 2.07. The molecule has 1 saturated heterocycles. The van der Waals surface area contributed by atoms with Crippen LogP contribution in [0.1, 0.15) is 40.0 Å². The predicted molar refractivity (Wildman–Crippen MR) is 84.6 cm³/mol. The molecule has 5 nitrogen and oxygen atoms in total. The molecule has 0 aliphatic carbocycles. The third-order valence-corrected chi connectivity index (χ3v) is 4.31. The minimum Gasteiger partial charge on any atom is -0.369 e. The van der Waals surface area contributed by atoms with Gasteiger partial charge in [-0.05, 0) is 25.8 Å². The molecule has 1 aliphatic heterocycles. The van der Waals surface area contributed by atoms with Gasteiger partial charge in [-0.2, -0.15) is 0 Å². The number of carbonyl (C=O) groups is 2. The Morgan fingerprint density at radius 3 is 2.10 bits per heavy atom. The van der Waals surface area contributed by atoms with Gasteiger partial charge in [-0.1, -0.05) is 27.2 Å². The molecular weight excluding hydrogens is 266 g/mol. The third-order valence-electron chi connectivity index (χ3n) is 4.31. The second-order valence-electron chi connectivity index (χ2n) is 6.66. The molecule has 0 bridgehead atoms. The van der Waals surface area contributed by atoms with E-state index in [-0.39, 0.29) is 23.7 Å². The maximum absolute atomic E-state index is 12.9. The van der Waals surface area contributed by atoms with Crippen LogP contribution in [0.4, 0.5) is 0 Å². The van der Waals surface area contributed by atoms with Gasteiger partial charge < -0.3 is 15.5 Å². The minimum atomic E-state index is -0.329. The Morgan fingerprint density at radius 2 is 1.67 bits per heavy atom. The van der Waals surface area contributed by atoms with Crippen molar-refractivity contribution in [3.05, 3.63) is 0 Å². The first-order valence-corrected chi connectivity index (χ1v) is 8.13. The summed E-state index contributed by atoms with van der Waals surface area (Å²) in [6.07, 6.45) is 2.31. The summed E-state index contributed by atoms with van der Waals surface area (Å²) >= 11 is 0. The van der Waals surface area contributed by atoms with Crippen molar-refractivity contribution in [1.82, 2.24) is 9.80 Å². The Labute approximate surface area is 128 Å². The predicted octanol–water partition coefficient (Wildman–Crippen LogP) is 1.32. The van der Waals surface area contributed by atoms with Crippen LogP contribution in [-0.4, -0.2) is 54.8 Å². The normalized spacial score (nSPS) is 19.6. The van der Waals surface area contributed by atoms with Crippen LogP contribution in [0.25, 0.3) is 0 Å². The lowest BCUT2D eigenvalue weighted by molar-refractivity contribution is -0.143. The SMILES string of the molecule is CCCC(C(N)=O)C(CC(C)C)C(=O)N1CCN(C)CC1. The van der Waals surface area contributed by atoms with Crippen LogP contribution in [0.5, 0.6) is 0 Å². The van der Waals surface area contributed by atoms with Crippen LogP contribution in [0.3, 0.4) is 0 Å². The van der Waals surface area contributed by atoms with E-state index in [0.717, 1.165) is 39.0 Å². The van der Waals surface area contributed by atoms with Gasteiger partial charge in [0.25, 0.3) is 0 Å². The molecule has 2 unspecified atom stereocenters. The van der Waals surface area contributed by atoms with Crippen LogP contribution in [-0.2, 0) is 9.59 Å². The highest BCUT2D eigenvalue weighted by Crippen LogP contribution is 2.27. The molecule has 1 fully saturated rings. The largest absolute Gasteiger partial charge is 0.369 e. The quantitative estimate of drug-likeness (QED) is 0.771. The van der Waals surface area contributed by atoms with Crippen LogP contribution >= 0.6 is 0 Å². The van der Waals surface area contributed by atoms with Gasteiger partial charge >= 0.3 is 0 Å². The molecule has 2 N–H and O–H groups in total. The van der Waals surface area contributed by atoms with Crippen LogP contribution < -0.4 is 5.73 Å². The summed E-state index contributed by atoms with van der Waals surface area (Å²) in [4.78, 5) is 28.8. The standard InChI is InChI=1S/C16H31N3O2/c1-5-6-13(15(17)20)14(11-12(2)3)16(21)19-9-7-18(4)8-10-19/h12-14H,5-11H2,1-4H3,(H2,17,20). The molecule has 5 heteroatoms. The first kappa shape index (κ1) is 18.0. The maximum Gasteiger partial charge on any atom is 0.226 e. The van der Waals surface area contributed by atoms with Gasteiger partial charge in [0.05, 0.1) is 0 Å². The maximum atomic E-state index is 12.9. The topological polar surface area (TPSA) is 66.6 Å². The van der Waals surface area contributed by atoms with Crippen LogP contribution in [0.2, 0.25) is 0 Å². The molecule has 0 radical (unpaired) electrons. The van der Waals surface area contributed by atoms with E-state index in [2.05, 4.69) is 25.8 Å². The van der Waals surface area contributed by atoms with E-state index >= 15 is 0 Å². The summed E-state index contributed by atoms with van der Waals surface area (Å²) in [6, 6.07) is 0. The Kier molecular flexibility index (Phi) is 7.15. The van der Waals surface area contributed by atoms with E-state index in [9.17, 15) is 9.59 Å². The van der Waals surface area contributed by atoms with Gasteiger partial charge in [0.1, 0.15) is 0 Å². The molecule has 2 atom stereocenters. The number of hydrogen-bond acceptors (Lipinski definition) is 3. The van der Waals surface area contributed by atoms with Crippen molar-refractivity contribution in [2.45, 2.75) is 40.0 Å². The first-order valence-electron chi connectivity index (χ1n) is 8.13. The highest BCUT2D eigenvalue weighted by Gasteiger charge is 2.35. The molecule has 21 heavy (non-hydrogen) atoms. The van der Waals surface area contributed by atoms with E-state index in [1.54, 1.807) is 0 Å². The monoisotopic (exact) mass is 297 g/mol. The van der Waals surface area contributed by atoms with Crippen molar-refractivity contribution >= 4 is 11.8 Å². The molecule has 0 aromatic heterocycles. The fourth-order valence-corrected chi connectivity index (χ4v) is 3.06. The van der Waals surface area contributed by atoms with Gasteiger partial charge in [-0.15, -0.1) is 0 Å². The van der Waals surface area contributed by atoms with Crippen molar-refractivity contribution in [3.63, 3.8) is 0 Å². The van der Waals surface area contributed by atoms with Crippen molar-refractivity contribution in [2.75, 3.05) is 33.2 Å². The molecule has 1 heterocycles. The van der Waals surface area contributed by atoms with Gasteiger partial charge in [-0.25, -0.2) is 0 Å². The van der Waals surface area contributed by atoms with Crippen LogP contribution in [0.15, 0.2) is 0 Å². The van der Waals surface area contributed by atoms with Gasteiger partial charge in [0.2, 0.25) is 11.8 Å². The van der Waals surface area contributed by atoms with E-state index in [4.69, 9.17) is 5.73 Å². The Bertz CT molecular complexity index is 349. The average Bonchev–Trinajstić information content (AvgIpc) is 2.42. The summed E-state index contributed by atoms with van der Waals surface area (Å²) in [5, 5.41) is 0. The Hall–Kier alpha value is -1.10. The fourth-order valence-electron chi connectivity index (χ4n) is 3.06. The first-order chi connectivity index (χ1) is 9.86. The number of likely N-dealkylation sites (N-methyl/N-ethyl adjacent to an activating group) is 1. The zero-order chi connectivity index (χ0) is 16.0. The van der Waals surface area contributed by atoms with Crippen molar-refractivity contribution in [1.29, 1.82) is 0 Å². The number of amides is 2. The van der Waals surface area contributed by atoms with Crippen molar-refractivity contribution < 1.29 is 9.59 Å². The summed E-state index contributed by atoms with van der Waals surface area (Å²) in [5.74, 6) is -0.417. The zero-order valence-corrected chi connectivity index (χ0v) is 14.0. The number of nitrogens with two attached hydrogens (primary N) is 1. The molecule has 0 aromatic carbocycles. The second kappa shape index (κ2) is 8.37. The molecule has 0 spiro atoms. The smallest absolute Gasteiger partial charge is 0.226 e. The zero-order valence-electron chi connectivity index (χ0n) is 14.0. The summed E-state index contributed by atoms with van der Waals surface area (Å²) in [5.41, 5.74) is 5.57. The van der Waals surface area contributed by atoms with Gasteiger partial charge in [0, 0.05) is 38.0 Å². The van der Waals surface area contributed by atoms with E-state index in [1.807, 2.05) is 11.8 Å². The molecule has 0 saturated carbocycles. The lowest BCUT2D eigenvalue weighted by Gasteiger charge is -2.36. The van der Waals surface area contributed by atoms with Crippen molar-refractivity contribution in [3.8, 4) is 0 Å². The molecule has 122 valence electrons. The molecule has 1 rings (SSSR count). The highest BCUT2D eigenvalue weighted by atomic mass is 16.2. The minimum absolute atomic E-state index is 0.119. The fraction of sp³-hybridized carbons (Fsp3) is 0.875.